The van der Waals surface area contributed by atoms with Crippen molar-refractivity contribution in [1.29, 1.82) is 0 Å². The number of fused-ring (bicyclic) bond motifs is 1. The normalized spacial score (nSPS) is 16.8. The molecule has 1 aliphatic heterocycles. The van der Waals surface area contributed by atoms with Gasteiger partial charge in [0.2, 0.25) is 5.91 Å². The molecule has 6 nitrogen and oxygen atoms in total. The number of hydrogen-bond donors (Lipinski definition) is 1. The fourth-order valence-electron chi connectivity index (χ4n) is 4.12. The Kier molecular flexibility index (Phi) is 6.45. The number of imidazole rings is 1. The van der Waals surface area contributed by atoms with Crippen molar-refractivity contribution in [3.63, 3.8) is 0 Å². The monoisotopic (exact) mass is 405 g/mol. The van der Waals surface area contributed by atoms with E-state index in [1.165, 1.54) is 0 Å². The van der Waals surface area contributed by atoms with Crippen LogP contribution in [0, 0.1) is 5.92 Å². The molecule has 1 aliphatic rings. The summed E-state index contributed by atoms with van der Waals surface area (Å²) in [6.45, 7) is 9.31. The lowest BCUT2D eigenvalue weighted by atomic mass is 9.96. The fourth-order valence-corrected chi connectivity index (χ4v) is 4.12. The molecule has 0 spiro atoms. The SMILES string of the molecule is CC(C)C(NC(=O)CN1CCN(Cc2cn3ccccc3n2)CC1)c1ccccc1. The van der Waals surface area contributed by atoms with Crippen molar-refractivity contribution >= 4 is 11.6 Å². The molecular formula is C24H31N5O. The first-order chi connectivity index (χ1) is 14.6. The summed E-state index contributed by atoms with van der Waals surface area (Å²) in [5.74, 6) is 0.449. The lowest BCUT2D eigenvalue weighted by Crippen LogP contribution is -2.49. The molecule has 1 fully saturated rings. The van der Waals surface area contributed by atoms with E-state index >= 15 is 0 Å². The van der Waals surface area contributed by atoms with E-state index < -0.39 is 0 Å². The fraction of sp³-hybridized carbons (Fsp3) is 0.417. The summed E-state index contributed by atoms with van der Waals surface area (Å²) in [4.78, 5) is 22.0. The lowest BCUT2D eigenvalue weighted by Gasteiger charge is -2.34. The molecule has 6 heteroatoms. The molecule has 1 aromatic carbocycles. The van der Waals surface area contributed by atoms with Gasteiger partial charge in [0.25, 0.3) is 0 Å². The Morgan fingerprint density at radius 2 is 1.70 bits per heavy atom. The highest BCUT2D eigenvalue weighted by atomic mass is 16.2. The zero-order chi connectivity index (χ0) is 20.9. The van der Waals surface area contributed by atoms with E-state index in [0.29, 0.717) is 12.5 Å². The molecule has 0 radical (unpaired) electrons. The van der Waals surface area contributed by atoms with Gasteiger partial charge in [-0.3, -0.25) is 14.6 Å². The Balaban J connectivity index is 1.26. The van der Waals surface area contributed by atoms with E-state index in [9.17, 15) is 4.79 Å². The average Bonchev–Trinajstić information content (AvgIpc) is 3.16. The van der Waals surface area contributed by atoms with Crippen LogP contribution in [0.3, 0.4) is 0 Å². The number of carbonyl (C=O) groups is 1. The topological polar surface area (TPSA) is 52.9 Å². The number of hydrogen-bond acceptors (Lipinski definition) is 4. The standard InChI is InChI=1S/C24H31N5O/c1-19(2)24(20-8-4-3-5-9-20)26-23(30)18-28-14-12-27(13-15-28)16-21-17-29-11-7-6-10-22(29)25-21/h3-11,17,19,24H,12-16,18H2,1-2H3,(H,26,30). The first-order valence-corrected chi connectivity index (χ1v) is 10.8. The Morgan fingerprint density at radius 1 is 1.00 bits per heavy atom. The van der Waals surface area contributed by atoms with Gasteiger partial charge in [0, 0.05) is 45.1 Å². The smallest absolute Gasteiger partial charge is 0.234 e. The van der Waals surface area contributed by atoms with Gasteiger partial charge in [-0.15, -0.1) is 0 Å². The predicted molar refractivity (Wildman–Crippen MR) is 119 cm³/mol. The van der Waals surface area contributed by atoms with Gasteiger partial charge in [-0.05, 0) is 23.6 Å². The number of aromatic nitrogens is 2. The third kappa shape index (κ3) is 5.07. The molecule has 30 heavy (non-hydrogen) atoms. The second kappa shape index (κ2) is 9.41. The van der Waals surface area contributed by atoms with Gasteiger partial charge in [0.05, 0.1) is 18.3 Å². The van der Waals surface area contributed by atoms with Crippen LogP contribution in [0.4, 0.5) is 0 Å². The zero-order valence-corrected chi connectivity index (χ0v) is 17.9. The van der Waals surface area contributed by atoms with Gasteiger partial charge in [-0.25, -0.2) is 4.98 Å². The molecule has 2 aromatic heterocycles. The van der Waals surface area contributed by atoms with E-state index in [0.717, 1.165) is 49.6 Å². The molecule has 0 saturated carbocycles. The molecule has 1 saturated heterocycles. The van der Waals surface area contributed by atoms with Gasteiger partial charge >= 0.3 is 0 Å². The van der Waals surface area contributed by atoms with Crippen LogP contribution in [0.25, 0.3) is 5.65 Å². The maximum absolute atomic E-state index is 12.7. The van der Waals surface area contributed by atoms with Crippen molar-refractivity contribution in [1.82, 2.24) is 24.5 Å². The molecule has 1 N–H and O–H groups in total. The van der Waals surface area contributed by atoms with Gasteiger partial charge in [-0.1, -0.05) is 50.2 Å². The van der Waals surface area contributed by atoms with Crippen LogP contribution in [0.2, 0.25) is 0 Å². The highest BCUT2D eigenvalue weighted by Gasteiger charge is 2.22. The van der Waals surface area contributed by atoms with Crippen molar-refractivity contribution in [3.05, 3.63) is 72.2 Å². The Bertz CT molecular complexity index is 927. The third-order valence-electron chi connectivity index (χ3n) is 5.77. The van der Waals surface area contributed by atoms with Crippen LogP contribution in [-0.4, -0.2) is 57.8 Å². The average molecular weight is 406 g/mol. The number of nitrogens with one attached hydrogen (secondary N) is 1. The molecule has 0 bridgehead atoms. The number of piperazine rings is 1. The van der Waals surface area contributed by atoms with Gasteiger partial charge in [-0.2, -0.15) is 0 Å². The van der Waals surface area contributed by atoms with E-state index in [1.54, 1.807) is 0 Å². The molecule has 1 amide bonds. The molecule has 3 aromatic rings. The summed E-state index contributed by atoms with van der Waals surface area (Å²) in [6, 6.07) is 16.3. The second-order valence-corrected chi connectivity index (χ2v) is 8.45. The molecule has 4 rings (SSSR count). The summed E-state index contributed by atoms with van der Waals surface area (Å²) in [7, 11) is 0. The summed E-state index contributed by atoms with van der Waals surface area (Å²) >= 11 is 0. The van der Waals surface area contributed by atoms with Gasteiger partial charge in [0.1, 0.15) is 5.65 Å². The molecule has 158 valence electrons. The van der Waals surface area contributed by atoms with E-state index in [-0.39, 0.29) is 11.9 Å². The van der Waals surface area contributed by atoms with Gasteiger partial charge < -0.3 is 9.72 Å². The van der Waals surface area contributed by atoms with E-state index in [2.05, 4.69) is 51.7 Å². The first-order valence-electron chi connectivity index (χ1n) is 10.8. The van der Waals surface area contributed by atoms with Crippen molar-refractivity contribution in [2.45, 2.75) is 26.4 Å². The minimum absolute atomic E-state index is 0.0510. The predicted octanol–water partition coefficient (Wildman–Crippen LogP) is 2.97. The Hall–Kier alpha value is -2.70. The summed E-state index contributed by atoms with van der Waals surface area (Å²) in [5, 5.41) is 3.24. The molecule has 3 heterocycles. The maximum Gasteiger partial charge on any atom is 0.234 e. The first kappa shape index (κ1) is 20.6. The van der Waals surface area contributed by atoms with Crippen molar-refractivity contribution in [3.8, 4) is 0 Å². The number of amides is 1. The van der Waals surface area contributed by atoms with E-state index in [4.69, 9.17) is 4.98 Å². The van der Waals surface area contributed by atoms with E-state index in [1.807, 2.05) is 42.6 Å². The Morgan fingerprint density at radius 3 is 2.40 bits per heavy atom. The Labute approximate surface area is 178 Å². The second-order valence-electron chi connectivity index (χ2n) is 8.45. The van der Waals surface area contributed by atoms with Crippen LogP contribution in [0.15, 0.2) is 60.9 Å². The highest BCUT2D eigenvalue weighted by molar-refractivity contribution is 5.78. The van der Waals surface area contributed by atoms with Crippen molar-refractivity contribution in [2.24, 2.45) is 5.92 Å². The maximum atomic E-state index is 12.7. The summed E-state index contributed by atoms with van der Waals surface area (Å²) in [6.07, 6.45) is 4.13. The van der Waals surface area contributed by atoms with Crippen molar-refractivity contribution < 1.29 is 4.79 Å². The quantitative estimate of drug-likeness (QED) is 0.657. The minimum Gasteiger partial charge on any atom is -0.348 e. The summed E-state index contributed by atoms with van der Waals surface area (Å²) in [5.41, 5.74) is 3.24. The summed E-state index contributed by atoms with van der Waals surface area (Å²) < 4.78 is 2.06. The number of benzene rings is 1. The van der Waals surface area contributed by atoms with Crippen LogP contribution >= 0.6 is 0 Å². The van der Waals surface area contributed by atoms with Crippen LogP contribution in [0.5, 0.6) is 0 Å². The van der Waals surface area contributed by atoms with Gasteiger partial charge in [0.15, 0.2) is 0 Å². The molecule has 0 aliphatic carbocycles. The molecule has 1 atom stereocenters. The minimum atomic E-state index is 0.0510. The number of pyridine rings is 1. The van der Waals surface area contributed by atoms with Crippen LogP contribution in [0.1, 0.15) is 31.1 Å². The highest BCUT2D eigenvalue weighted by Crippen LogP contribution is 2.21. The molecular weight excluding hydrogens is 374 g/mol. The van der Waals surface area contributed by atoms with Crippen molar-refractivity contribution in [2.75, 3.05) is 32.7 Å². The number of nitrogens with zero attached hydrogens (tertiary/aromatic N) is 4. The zero-order valence-electron chi connectivity index (χ0n) is 17.9. The van der Waals surface area contributed by atoms with Crippen LogP contribution < -0.4 is 5.32 Å². The van der Waals surface area contributed by atoms with Crippen LogP contribution in [-0.2, 0) is 11.3 Å². The largest absolute Gasteiger partial charge is 0.348 e. The number of carbonyl (C=O) groups excluding carboxylic acids is 1. The molecule has 1 unspecified atom stereocenters. The third-order valence-corrected chi connectivity index (χ3v) is 5.77. The lowest BCUT2D eigenvalue weighted by molar-refractivity contribution is -0.123. The number of rotatable bonds is 7.